The number of H-pyrrole nitrogens is 1. The summed E-state index contributed by atoms with van der Waals surface area (Å²) in [6, 6.07) is 21.4. The number of pyridine rings is 1. The van der Waals surface area contributed by atoms with Crippen LogP contribution in [-0.2, 0) is 0 Å². The predicted molar refractivity (Wildman–Crippen MR) is 134 cm³/mol. The molecule has 0 saturated carbocycles. The number of hydrogen-bond acceptors (Lipinski definition) is 5. The number of rotatable bonds is 5. The van der Waals surface area contributed by atoms with Gasteiger partial charge in [0.2, 0.25) is 0 Å². The third-order valence-corrected chi connectivity index (χ3v) is 6.63. The van der Waals surface area contributed by atoms with E-state index < -0.39 is 5.97 Å². The van der Waals surface area contributed by atoms with Crippen molar-refractivity contribution in [2.24, 2.45) is 0 Å². The molecule has 3 N–H and O–H groups in total. The van der Waals surface area contributed by atoms with Gasteiger partial charge in [0.15, 0.2) is 0 Å². The number of carboxylic acids is 1. The number of ether oxygens (including phenoxy) is 1. The van der Waals surface area contributed by atoms with Crippen molar-refractivity contribution in [2.45, 2.75) is 0 Å². The van der Waals surface area contributed by atoms with Crippen molar-refractivity contribution in [3.05, 3.63) is 94.1 Å². The van der Waals surface area contributed by atoms with E-state index in [0.29, 0.717) is 21.5 Å². The largest absolute Gasteiger partial charge is 0.506 e. The van der Waals surface area contributed by atoms with E-state index in [1.165, 1.54) is 11.3 Å². The van der Waals surface area contributed by atoms with Crippen LogP contribution >= 0.6 is 11.3 Å². The van der Waals surface area contributed by atoms with Crippen LogP contribution in [0.2, 0.25) is 0 Å². The second-order valence-electron chi connectivity index (χ2n) is 7.69. The highest BCUT2D eigenvalue weighted by Gasteiger charge is 2.20. The lowest BCUT2D eigenvalue weighted by atomic mass is 9.97. The molecule has 0 aliphatic heterocycles. The molecule has 0 aliphatic rings. The van der Waals surface area contributed by atoms with Crippen LogP contribution in [0.1, 0.15) is 10.4 Å². The van der Waals surface area contributed by atoms with Gasteiger partial charge < -0.3 is 19.9 Å². The molecule has 0 atom stereocenters. The van der Waals surface area contributed by atoms with Gasteiger partial charge in [-0.2, -0.15) is 0 Å². The van der Waals surface area contributed by atoms with Crippen LogP contribution in [0.4, 0.5) is 0 Å². The maximum Gasteiger partial charge on any atom is 0.335 e. The second-order valence-corrected chi connectivity index (χ2v) is 8.57. The fourth-order valence-electron chi connectivity index (χ4n) is 4.05. The van der Waals surface area contributed by atoms with E-state index in [4.69, 9.17) is 9.84 Å². The molecule has 2 aromatic heterocycles. The molecular weight excluding hydrogens is 450 g/mol. The maximum absolute atomic E-state index is 12.7. The van der Waals surface area contributed by atoms with Gasteiger partial charge in [-0.1, -0.05) is 48.5 Å². The molecule has 0 amide bonds. The van der Waals surface area contributed by atoms with Crippen molar-refractivity contribution in [3.8, 4) is 44.9 Å². The molecule has 34 heavy (non-hydrogen) atoms. The fourth-order valence-corrected chi connectivity index (χ4v) is 5.01. The van der Waals surface area contributed by atoms with E-state index >= 15 is 0 Å². The molecular formula is C27H19NO5S. The standard InChI is InChI=1S/C27H19NO5S/c1-33-21-13-18(15-7-9-17(10-8-15)27(31)32)11-12-19(21)20-14-34-26-23(20)24(29)22(25(30)28-26)16-5-3-2-4-6-16/h2-14H,1H3,(H,31,32)(H2,28,29,30). The van der Waals surface area contributed by atoms with Gasteiger partial charge in [-0.05, 0) is 41.0 Å². The van der Waals surface area contributed by atoms with Crippen molar-refractivity contribution >= 4 is 27.5 Å². The minimum absolute atomic E-state index is 0.0726. The Labute approximate surface area is 198 Å². The first kappa shape index (κ1) is 21.5. The number of aromatic hydroxyl groups is 1. The molecule has 3 aromatic carbocycles. The van der Waals surface area contributed by atoms with E-state index in [1.807, 2.05) is 41.8 Å². The Bertz CT molecular complexity index is 1580. The number of nitrogens with one attached hydrogen (secondary N) is 1. The van der Waals surface area contributed by atoms with E-state index in [9.17, 15) is 14.7 Å². The highest BCUT2D eigenvalue weighted by atomic mass is 32.1. The number of hydrogen-bond donors (Lipinski definition) is 3. The summed E-state index contributed by atoms with van der Waals surface area (Å²) in [5.74, 6) is -0.459. The minimum atomic E-state index is -0.975. The lowest BCUT2D eigenvalue weighted by Gasteiger charge is -2.12. The highest BCUT2D eigenvalue weighted by Crippen LogP contribution is 2.44. The monoisotopic (exact) mass is 469 g/mol. The van der Waals surface area contributed by atoms with Gasteiger partial charge in [0, 0.05) is 16.5 Å². The maximum atomic E-state index is 12.7. The van der Waals surface area contributed by atoms with Gasteiger partial charge in [0.1, 0.15) is 16.3 Å². The van der Waals surface area contributed by atoms with Crippen molar-refractivity contribution in [1.29, 1.82) is 0 Å². The summed E-state index contributed by atoms with van der Waals surface area (Å²) in [6.45, 7) is 0. The molecule has 0 saturated heterocycles. The number of fused-ring (bicyclic) bond motifs is 1. The summed E-state index contributed by atoms with van der Waals surface area (Å²) in [5.41, 5.74) is 3.95. The van der Waals surface area contributed by atoms with Crippen LogP contribution in [0, 0.1) is 0 Å². The normalized spacial score (nSPS) is 11.0. The zero-order valence-electron chi connectivity index (χ0n) is 18.0. The molecule has 0 aliphatic carbocycles. The summed E-state index contributed by atoms with van der Waals surface area (Å²) < 4.78 is 5.68. The molecule has 2 heterocycles. The number of benzene rings is 3. The third-order valence-electron chi connectivity index (χ3n) is 5.74. The number of methoxy groups -OCH3 is 1. The number of carboxylic acid groups (broad SMARTS) is 1. The van der Waals surface area contributed by atoms with Gasteiger partial charge >= 0.3 is 5.97 Å². The topological polar surface area (TPSA) is 99.6 Å². The van der Waals surface area contributed by atoms with Crippen LogP contribution < -0.4 is 10.3 Å². The quantitative estimate of drug-likeness (QED) is 0.293. The molecule has 6 nitrogen and oxygen atoms in total. The van der Waals surface area contributed by atoms with E-state index in [1.54, 1.807) is 43.5 Å². The van der Waals surface area contributed by atoms with E-state index in [0.717, 1.165) is 22.3 Å². The lowest BCUT2D eigenvalue weighted by Crippen LogP contribution is -2.08. The van der Waals surface area contributed by atoms with E-state index in [-0.39, 0.29) is 22.4 Å². The number of aromatic amines is 1. The highest BCUT2D eigenvalue weighted by molar-refractivity contribution is 7.17. The molecule has 0 radical (unpaired) electrons. The van der Waals surface area contributed by atoms with Gasteiger partial charge in [0.05, 0.1) is 23.6 Å². The van der Waals surface area contributed by atoms with Crippen molar-refractivity contribution in [2.75, 3.05) is 7.11 Å². The average molecular weight is 470 g/mol. The summed E-state index contributed by atoms with van der Waals surface area (Å²) in [5, 5.41) is 22.7. The van der Waals surface area contributed by atoms with Gasteiger partial charge in [-0.25, -0.2) is 4.79 Å². The van der Waals surface area contributed by atoms with Gasteiger partial charge in [-0.15, -0.1) is 11.3 Å². The Hall–Kier alpha value is -4.36. The Morgan fingerprint density at radius 3 is 2.29 bits per heavy atom. The Kier molecular flexibility index (Phi) is 5.39. The zero-order chi connectivity index (χ0) is 23.8. The molecule has 168 valence electrons. The third kappa shape index (κ3) is 3.62. The van der Waals surface area contributed by atoms with Gasteiger partial charge in [-0.3, -0.25) is 4.79 Å². The van der Waals surface area contributed by atoms with Crippen molar-refractivity contribution in [1.82, 2.24) is 4.98 Å². The van der Waals surface area contributed by atoms with Crippen molar-refractivity contribution < 1.29 is 19.7 Å². The predicted octanol–water partition coefficient (Wildman–Crippen LogP) is 6.00. The van der Waals surface area contributed by atoms with Crippen LogP contribution in [0.5, 0.6) is 11.5 Å². The second kappa shape index (κ2) is 8.53. The first-order valence-corrected chi connectivity index (χ1v) is 11.3. The average Bonchev–Trinajstić information content (AvgIpc) is 3.28. The lowest BCUT2D eigenvalue weighted by molar-refractivity contribution is 0.0697. The number of aromatic carboxylic acids is 1. The molecule has 0 bridgehead atoms. The molecule has 7 heteroatoms. The zero-order valence-corrected chi connectivity index (χ0v) is 18.8. The smallest absolute Gasteiger partial charge is 0.335 e. The first-order valence-electron chi connectivity index (χ1n) is 10.4. The SMILES string of the molecule is COc1cc(-c2ccc(C(=O)O)cc2)ccc1-c1csc2[nH]c(=O)c(-c3ccccc3)c(O)c12. The van der Waals surface area contributed by atoms with Crippen LogP contribution in [-0.4, -0.2) is 28.3 Å². The fraction of sp³-hybridized carbons (Fsp3) is 0.0370. The molecule has 0 fully saturated rings. The Morgan fingerprint density at radius 1 is 0.912 bits per heavy atom. The summed E-state index contributed by atoms with van der Waals surface area (Å²) in [7, 11) is 1.57. The summed E-state index contributed by atoms with van der Waals surface area (Å²) in [4.78, 5) is 27.3. The van der Waals surface area contributed by atoms with Crippen LogP contribution in [0.15, 0.2) is 83.0 Å². The summed E-state index contributed by atoms with van der Waals surface area (Å²) >= 11 is 1.34. The Balaban J connectivity index is 1.65. The molecule has 0 spiro atoms. The molecule has 5 aromatic rings. The summed E-state index contributed by atoms with van der Waals surface area (Å²) in [6.07, 6.45) is 0. The van der Waals surface area contributed by atoms with Crippen LogP contribution in [0.3, 0.4) is 0 Å². The van der Waals surface area contributed by atoms with Gasteiger partial charge in [0.25, 0.3) is 5.56 Å². The van der Waals surface area contributed by atoms with Crippen LogP contribution in [0.25, 0.3) is 43.6 Å². The van der Waals surface area contributed by atoms with E-state index in [2.05, 4.69) is 4.98 Å². The number of aromatic nitrogens is 1. The number of thiophene rings is 1. The molecule has 5 rings (SSSR count). The Morgan fingerprint density at radius 2 is 1.62 bits per heavy atom. The minimum Gasteiger partial charge on any atom is -0.506 e. The first-order chi connectivity index (χ1) is 16.5. The number of carbonyl (C=O) groups is 1. The molecule has 0 unspecified atom stereocenters. The van der Waals surface area contributed by atoms with Crippen molar-refractivity contribution in [3.63, 3.8) is 0 Å².